The Hall–Kier alpha value is -3.73. The Morgan fingerprint density at radius 1 is 1.08 bits per heavy atom. The van der Waals surface area contributed by atoms with Gasteiger partial charge in [-0.15, -0.1) is 4.98 Å². The summed E-state index contributed by atoms with van der Waals surface area (Å²) in [5.74, 6) is 0.0352. The maximum absolute atomic E-state index is 13.8. The Bertz CT molecular complexity index is 1520. The summed E-state index contributed by atoms with van der Waals surface area (Å²) < 4.78 is 15.4. The van der Waals surface area contributed by atoms with Crippen LogP contribution in [0.5, 0.6) is 0 Å². The lowest BCUT2D eigenvalue weighted by Crippen LogP contribution is -2.58. The average Bonchev–Trinajstić information content (AvgIpc) is 2.93. The van der Waals surface area contributed by atoms with Crippen molar-refractivity contribution >= 4 is 34.1 Å². The van der Waals surface area contributed by atoms with Crippen LogP contribution in [-0.2, 0) is 7.05 Å². The van der Waals surface area contributed by atoms with Gasteiger partial charge in [-0.3, -0.25) is 9.69 Å². The Morgan fingerprint density at radius 2 is 1.74 bits per heavy atom. The van der Waals surface area contributed by atoms with Gasteiger partial charge in [0.15, 0.2) is 0 Å². The number of hydrogen-bond acceptors (Lipinski definition) is 4. The van der Waals surface area contributed by atoms with Gasteiger partial charge in [0, 0.05) is 43.3 Å². The molecule has 1 aliphatic rings. The lowest BCUT2D eigenvalue weighted by Gasteiger charge is -2.49. The van der Waals surface area contributed by atoms with Crippen LogP contribution in [-0.4, -0.2) is 39.6 Å². The molecule has 0 N–H and O–H groups in total. The Kier molecular flexibility index (Phi) is 7.20. The summed E-state index contributed by atoms with van der Waals surface area (Å²) in [7, 11) is 1.73. The van der Waals surface area contributed by atoms with Crippen LogP contribution in [0.4, 0.5) is 15.9 Å². The Balaban J connectivity index is 1.58. The first-order valence-electron chi connectivity index (χ1n) is 12.7. The van der Waals surface area contributed by atoms with Gasteiger partial charge >= 0.3 is 0 Å². The molecule has 194 valence electrons. The molecule has 38 heavy (non-hydrogen) atoms. The lowest BCUT2D eigenvalue weighted by molar-refractivity contribution is 0.124. The van der Waals surface area contributed by atoms with Crippen molar-refractivity contribution in [1.82, 2.24) is 14.5 Å². The molecule has 1 unspecified atom stereocenters. The third-order valence-corrected chi connectivity index (χ3v) is 7.79. The van der Waals surface area contributed by atoms with Gasteiger partial charge < -0.3 is 14.3 Å². The topological polar surface area (TPSA) is 45.7 Å². The van der Waals surface area contributed by atoms with E-state index >= 15 is 0 Å². The molecular weight excluding hydrogens is 501 g/mol. The van der Waals surface area contributed by atoms with Crippen LogP contribution in [0, 0.1) is 12.4 Å². The lowest BCUT2D eigenvalue weighted by atomic mass is 9.92. The molecule has 0 radical (unpaired) electrons. The first-order valence-corrected chi connectivity index (χ1v) is 13.1. The van der Waals surface area contributed by atoms with Gasteiger partial charge in [0.1, 0.15) is 5.82 Å². The Morgan fingerprint density at radius 3 is 2.37 bits per heavy atom. The molecular formula is C30H29ClFN5O. The Labute approximate surface area is 226 Å². The number of anilines is 1. The molecule has 1 saturated heterocycles. The molecule has 5 rings (SSSR count). The number of halogens is 2. The van der Waals surface area contributed by atoms with Crippen LogP contribution in [0.1, 0.15) is 37.4 Å². The van der Waals surface area contributed by atoms with Crippen molar-refractivity contribution in [2.24, 2.45) is 7.05 Å². The predicted octanol–water partition coefficient (Wildman–Crippen LogP) is 6.36. The van der Waals surface area contributed by atoms with E-state index in [1.807, 2.05) is 36.4 Å². The molecule has 6 nitrogen and oxygen atoms in total. The molecule has 4 aromatic rings. The number of piperazine rings is 1. The zero-order valence-electron chi connectivity index (χ0n) is 21.6. The zero-order chi connectivity index (χ0) is 27.0. The number of aryl methyl sites for hydroxylation is 1. The fraction of sp³-hybridized carbons (Fsp3) is 0.300. The van der Waals surface area contributed by atoms with E-state index in [4.69, 9.17) is 18.2 Å². The van der Waals surface area contributed by atoms with E-state index in [2.05, 4.69) is 33.5 Å². The predicted molar refractivity (Wildman–Crippen MR) is 151 cm³/mol. The summed E-state index contributed by atoms with van der Waals surface area (Å²) in [6, 6.07) is 19.7. The van der Waals surface area contributed by atoms with E-state index in [1.165, 1.54) is 12.1 Å². The van der Waals surface area contributed by atoms with Gasteiger partial charge in [-0.1, -0.05) is 49.4 Å². The monoisotopic (exact) mass is 529 g/mol. The molecule has 0 spiro atoms. The van der Waals surface area contributed by atoms with E-state index in [0.29, 0.717) is 28.4 Å². The van der Waals surface area contributed by atoms with Gasteiger partial charge in [0.05, 0.1) is 17.2 Å². The van der Waals surface area contributed by atoms with Crippen LogP contribution in [0.3, 0.4) is 0 Å². The normalized spacial score (nSPS) is 18.9. The minimum absolute atomic E-state index is 0.0895. The van der Waals surface area contributed by atoms with Gasteiger partial charge in [-0.05, 0) is 60.9 Å². The highest BCUT2D eigenvalue weighted by atomic mass is 35.5. The van der Waals surface area contributed by atoms with Crippen LogP contribution in [0.2, 0.25) is 5.02 Å². The van der Waals surface area contributed by atoms with E-state index in [9.17, 15) is 9.18 Å². The third-order valence-electron chi connectivity index (χ3n) is 7.54. The second-order valence-corrected chi connectivity index (χ2v) is 10.3. The molecule has 3 atom stereocenters. The molecule has 8 heteroatoms. The maximum Gasteiger partial charge on any atom is 0.270 e. The van der Waals surface area contributed by atoms with E-state index in [0.717, 1.165) is 29.8 Å². The average molecular weight is 530 g/mol. The summed E-state index contributed by atoms with van der Waals surface area (Å²) >= 11 is 6.20. The van der Waals surface area contributed by atoms with E-state index < -0.39 is 0 Å². The van der Waals surface area contributed by atoms with Crippen molar-refractivity contribution < 1.29 is 4.39 Å². The highest BCUT2D eigenvalue weighted by Crippen LogP contribution is 2.37. The molecule has 0 bridgehead atoms. The number of nitrogens with zero attached hydrogens (tertiary/aromatic N) is 5. The molecule has 0 amide bonds. The first kappa shape index (κ1) is 25.9. The molecule has 2 aromatic carbocycles. The van der Waals surface area contributed by atoms with Crippen molar-refractivity contribution in [3.63, 3.8) is 0 Å². The number of rotatable bonds is 5. The summed E-state index contributed by atoms with van der Waals surface area (Å²) in [5.41, 5.74) is 4.10. The van der Waals surface area contributed by atoms with Crippen molar-refractivity contribution in [2.75, 3.05) is 18.0 Å². The number of pyridine rings is 2. The number of benzene rings is 2. The first-order chi connectivity index (χ1) is 18.3. The maximum atomic E-state index is 13.8. The fourth-order valence-corrected chi connectivity index (χ4v) is 5.64. The molecule has 0 aliphatic carbocycles. The smallest absolute Gasteiger partial charge is 0.270 e. The highest BCUT2D eigenvalue weighted by Gasteiger charge is 2.37. The standard InChI is InChI=1S/C30H29ClFN5O/c1-5-24-18-36(30(20-6-10-22(31)11-7-20)21-8-12-23(32)13-9-21)19(2)17-37(24)26-16-28(38)35(4)25-14-15-27(33-3)34-29(25)26/h6-16,19,24,30H,5,17-18H2,1-2,4H3/t19-,24+,30?/m1/s1. The van der Waals surface area contributed by atoms with Gasteiger partial charge in [-0.2, -0.15) is 0 Å². The number of hydrogen-bond donors (Lipinski definition) is 0. The third kappa shape index (κ3) is 4.78. The van der Waals surface area contributed by atoms with Crippen molar-refractivity contribution in [2.45, 2.75) is 38.4 Å². The fourth-order valence-electron chi connectivity index (χ4n) is 5.51. The van der Waals surface area contributed by atoms with Crippen molar-refractivity contribution in [3.05, 3.63) is 110 Å². The molecule has 1 fully saturated rings. The number of fused-ring (bicyclic) bond motifs is 1. The minimum Gasteiger partial charge on any atom is -0.362 e. The zero-order valence-corrected chi connectivity index (χ0v) is 22.4. The van der Waals surface area contributed by atoms with E-state index in [1.54, 1.807) is 29.8 Å². The SMILES string of the molecule is [C-]#[N+]c1ccc2c(n1)c(N1C[C@@H](C)N(C(c3ccc(F)cc3)c3ccc(Cl)cc3)C[C@@H]1CC)cc(=O)n2C. The second-order valence-electron chi connectivity index (χ2n) is 9.84. The summed E-state index contributed by atoms with van der Waals surface area (Å²) in [6.07, 6.45) is 0.846. The van der Waals surface area contributed by atoms with Crippen LogP contribution < -0.4 is 10.5 Å². The molecule has 1 aliphatic heterocycles. The molecule has 2 aromatic heterocycles. The molecule has 3 heterocycles. The number of aromatic nitrogens is 2. The van der Waals surface area contributed by atoms with Crippen LogP contribution >= 0.6 is 11.6 Å². The van der Waals surface area contributed by atoms with Gasteiger partial charge in [-0.25, -0.2) is 4.39 Å². The van der Waals surface area contributed by atoms with Crippen molar-refractivity contribution in [3.8, 4) is 0 Å². The van der Waals surface area contributed by atoms with Crippen LogP contribution in [0.15, 0.2) is 71.5 Å². The van der Waals surface area contributed by atoms with Crippen molar-refractivity contribution in [1.29, 1.82) is 0 Å². The minimum atomic E-state index is -0.267. The van der Waals surface area contributed by atoms with Gasteiger partial charge in [0.25, 0.3) is 11.4 Å². The van der Waals surface area contributed by atoms with Crippen LogP contribution in [0.25, 0.3) is 15.9 Å². The van der Waals surface area contributed by atoms with E-state index in [-0.39, 0.29) is 29.5 Å². The molecule has 0 saturated carbocycles. The summed E-state index contributed by atoms with van der Waals surface area (Å²) in [5, 5.41) is 0.666. The highest BCUT2D eigenvalue weighted by molar-refractivity contribution is 6.30. The quantitative estimate of drug-likeness (QED) is 0.282. The summed E-state index contributed by atoms with van der Waals surface area (Å²) in [4.78, 5) is 25.8. The van der Waals surface area contributed by atoms with Gasteiger partial charge in [0.2, 0.25) is 5.52 Å². The summed E-state index contributed by atoms with van der Waals surface area (Å²) in [6.45, 7) is 13.1. The largest absolute Gasteiger partial charge is 0.362 e. The second kappa shape index (κ2) is 10.6.